The molecule has 4 aromatic rings. The van der Waals surface area contributed by atoms with E-state index in [4.69, 9.17) is 4.98 Å². The van der Waals surface area contributed by atoms with Gasteiger partial charge in [-0.25, -0.2) is 14.8 Å². The highest BCUT2D eigenvalue weighted by Crippen LogP contribution is 2.27. The number of nitrogens with zero attached hydrogens (tertiary/aromatic N) is 4. The van der Waals surface area contributed by atoms with Crippen molar-refractivity contribution in [2.24, 2.45) is 5.92 Å². The Hall–Kier alpha value is -3.74. The van der Waals surface area contributed by atoms with Crippen LogP contribution in [0.3, 0.4) is 0 Å². The summed E-state index contributed by atoms with van der Waals surface area (Å²) in [6.45, 7) is 8.47. The highest BCUT2D eigenvalue weighted by atomic mass is 16.2. The molecule has 1 amide bonds. The summed E-state index contributed by atoms with van der Waals surface area (Å²) in [6.07, 6.45) is 3.91. The fraction of sp³-hybridized carbons (Fsp3) is 0.357. The van der Waals surface area contributed by atoms with Gasteiger partial charge in [-0.1, -0.05) is 57.2 Å². The van der Waals surface area contributed by atoms with E-state index in [-0.39, 0.29) is 11.6 Å². The zero-order valence-electron chi connectivity index (χ0n) is 20.5. The van der Waals surface area contributed by atoms with Crippen LogP contribution in [0.25, 0.3) is 22.6 Å². The van der Waals surface area contributed by atoms with E-state index in [1.807, 2.05) is 47.4 Å². The monoisotopic (exact) mass is 469 g/mol. The number of aromatic nitrogens is 4. The van der Waals surface area contributed by atoms with Gasteiger partial charge in [-0.2, -0.15) is 0 Å². The third-order valence-corrected chi connectivity index (χ3v) is 6.82. The first kappa shape index (κ1) is 23.0. The second-order valence-electron chi connectivity index (χ2n) is 9.88. The lowest BCUT2D eigenvalue weighted by Crippen LogP contribution is -2.39. The zero-order chi connectivity index (χ0) is 24.5. The normalized spacial score (nSPS) is 16.2. The lowest BCUT2D eigenvalue weighted by molar-refractivity contribution is 0.0683. The van der Waals surface area contributed by atoms with Gasteiger partial charge in [-0.3, -0.25) is 9.36 Å². The molecule has 0 radical (unpaired) electrons. The molecule has 1 N–H and O–H groups in total. The highest BCUT2D eigenvalue weighted by Gasteiger charge is 2.22. The number of benzene rings is 2. The third kappa shape index (κ3) is 4.63. The number of likely N-dealkylation sites (tertiary alicyclic amines) is 1. The topological polar surface area (TPSA) is 83.9 Å². The van der Waals surface area contributed by atoms with Crippen LogP contribution in [0.1, 0.15) is 61.0 Å². The second-order valence-corrected chi connectivity index (χ2v) is 9.88. The largest absolute Gasteiger partial charge is 0.338 e. The number of carbonyl (C=O) groups excluding carboxylic acids is 1. The van der Waals surface area contributed by atoms with E-state index in [1.54, 1.807) is 10.8 Å². The fourth-order valence-electron chi connectivity index (χ4n) is 4.92. The third-order valence-electron chi connectivity index (χ3n) is 6.82. The first-order chi connectivity index (χ1) is 16.9. The predicted octanol–water partition coefficient (Wildman–Crippen LogP) is 4.83. The first-order valence-corrected chi connectivity index (χ1v) is 12.3. The lowest BCUT2D eigenvalue weighted by Gasteiger charge is -2.31. The van der Waals surface area contributed by atoms with E-state index < -0.39 is 0 Å². The minimum atomic E-state index is -0.231. The first-order valence-electron chi connectivity index (χ1n) is 12.3. The highest BCUT2D eigenvalue weighted by molar-refractivity contribution is 5.94. The molecule has 1 fully saturated rings. The number of H-pyrrole nitrogens is 1. The van der Waals surface area contributed by atoms with Gasteiger partial charge in [-0.05, 0) is 47.9 Å². The Morgan fingerprint density at radius 1 is 1.14 bits per heavy atom. The van der Waals surface area contributed by atoms with Crippen LogP contribution in [0.15, 0.2) is 59.5 Å². The summed E-state index contributed by atoms with van der Waals surface area (Å²) in [5, 5.41) is 0. The SMILES string of the molecule is CC1CCCN(C(=O)c2ccc(Cn3c(=O)[nH]c4cnc(-c5ccccc5C(C)C)nc43)cc2)C1. The number of hydrogen-bond acceptors (Lipinski definition) is 4. The Morgan fingerprint density at radius 3 is 2.66 bits per heavy atom. The maximum atomic E-state index is 12.9. The molecule has 35 heavy (non-hydrogen) atoms. The molecule has 1 saturated heterocycles. The van der Waals surface area contributed by atoms with Gasteiger partial charge in [0.05, 0.1) is 12.7 Å². The molecule has 180 valence electrons. The Balaban J connectivity index is 1.43. The van der Waals surface area contributed by atoms with Crippen LogP contribution in [-0.4, -0.2) is 43.4 Å². The molecule has 1 unspecified atom stereocenters. The van der Waals surface area contributed by atoms with E-state index in [0.717, 1.165) is 30.6 Å². The Labute approximate surface area is 204 Å². The average molecular weight is 470 g/mol. The summed E-state index contributed by atoms with van der Waals surface area (Å²) in [6, 6.07) is 15.7. The van der Waals surface area contributed by atoms with Crippen LogP contribution in [0.2, 0.25) is 0 Å². The van der Waals surface area contributed by atoms with Gasteiger partial charge in [0, 0.05) is 24.2 Å². The summed E-state index contributed by atoms with van der Waals surface area (Å²) in [5.41, 5.74) is 4.70. The summed E-state index contributed by atoms with van der Waals surface area (Å²) < 4.78 is 1.63. The number of nitrogens with one attached hydrogen (secondary N) is 1. The number of piperidine rings is 1. The van der Waals surface area contributed by atoms with Crippen LogP contribution >= 0.6 is 0 Å². The van der Waals surface area contributed by atoms with Crippen LogP contribution in [-0.2, 0) is 6.54 Å². The van der Waals surface area contributed by atoms with Gasteiger partial charge < -0.3 is 9.88 Å². The van der Waals surface area contributed by atoms with Crippen molar-refractivity contribution >= 4 is 17.1 Å². The summed E-state index contributed by atoms with van der Waals surface area (Å²) in [5.74, 6) is 1.55. The Bertz CT molecular complexity index is 1420. The molecule has 2 aromatic heterocycles. The molecule has 1 aliphatic heterocycles. The van der Waals surface area contributed by atoms with E-state index in [1.165, 1.54) is 12.0 Å². The summed E-state index contributed by atoms with van der Waals surface area (Å²) >= 11 is 0. The average Bonchev–Trinajstić information content (AvgIpc) is 3.18. The molecule has 0 bridgehead atoms. The van der Waals surface area contributed by atoms with Crippen molar-refractivity contribution < 1.29 is 4.79 Å². The van der Waals surface area contributed by atoms with Crippen LogP contribution in [0.4, 0.5) is 0 Å². The van der Waals surface area contributed by atoms with Crippen molar-refractivity contribution in [3.05, 3.63) is 81.9 Å². The molecule has 0 saturated carbocycles. The summed E-state index contributed by atoms with van der Waals surface area (Å²) in [7, 11) is 0. The zero-order valence-corrected chi connectivity index (χ0v) is 20.5. The second kappa shape index (κ2) is 9.49. The smallest absolute Gasteiger partial charge is 0.328 e. The molecule has 1 atom stereocenters. The predicted molar refractivity (Wildman–Crippen MR) is 138 cm³/mol. The number of hydrogen-bond donors (Lipinski definition) is 1. The molecule has 3 heterocycles. The molecule has 0 spiro atoms. The maximum absolute atomic E-state index is 12.9. The number of aromatic amines is 1. The van der Waals surface area contributed by atoms with E-state index in [0.29, 0.717) is 40.9 Å². The summed E-state index contributed by atoms with van der Waals surface area (Å²) in [4.78, 5) is 39.8. The van der Waals surface area contributed by atoms with Crippen LogP contribution < -0.4 is 5.69 Å². The van der Waals surface area contributed by atoms with Crippen molar-refractivity contribution in [3.63, 3.8) is 0 Å². The van der Waals surface area contributed by atoms with Crippen molar-refractivity contribution in [2.45, 2.75) is 46.1 Å². The number of carbonyl (C=O) groups is 1. The standard InChI is InChI=1S/C28H31N5O2/c1-18(2)22-8-4-5-9-23(22)25-29-15-24-26(31-25)33(28(35)30-24)17-20-10-12-21(13-11-20)27(34)32-14-6-7-19(3)16-32/h4-5,8-13,15,18-19H,6-7,14,16-17H2,1-3H3,(H,30,35). The number of amides is 1. The number of fused-ring (bicyclic) bond motifs is 1. The molecule has 7 nitrogen and oxygen atoms in total. The minimum absolute atomic E-state index is 0.0774. The molecule has 2 aromatic carbocycles. The van der Waals surface area contributed by atoms with Gasteiger partial charge >= 0.3 is 5.69 Å². The molecule has 1 aliphatic rings. The van der Waals surface area contributed by atoms with E-state index in [2.05, 4.69) is 36.8 Å². The molecule has 7 heteroatoms. The van der Waals surface area contributed by atoms with Gasteiger partial charge in [-0.15, -0.1) is 0 Å². The quantitative estimate of drug-likeness (QED) is 0.454. The number of rotatable bonds is 5. The Kier molecular flexibility index (Phi) is 6.24. The maximum Gasteiger partial charge on any atom is 0.328 e. The van der Waals surface area contributed by atoms with Crippen molar-refractivity contribution in [3.8, 4) is 11.4 Å². The van der Waals surface area contributed by atoms with E-state index >= 15 is 0 Å². The van der Waals surface area contributed by atoms with Crippen LogP contribution in [0, 0.1) is 5.92 Å². The van der Waals surface area contributed by atoms with Gasteiger partial charge in [0.1, 0.15) is 5.52 Å². The van der Waals surface area contributed by atoms with Crippen LogP contribution in [0.5, 0.6) is 0 Å². The fourth-order valence-corrected chi connectivity index (χ4v) is 4.92. The van der Waals surface area contributed by atoms with Gasteiger partial charge in [0.2, 0.25) is 0 Å². The minimum Gasteiger partial charge on any atom is -0.338 e. The van der Waals surface area contributed by atoms with Crippen molar-refractivity contribution in [1.82, 2.24) is 24.4 Å². The van der Waals surface area contributed by atoms with Gasteiger partial charge in [0.15, 0.2) is 11.5 Å². The van der Waals surface area contributed by atoms with Crippen molar-refractivity contribution in [2.75, 3.05) is 13.1 Å². The lowest BCUT2D eigenvalue weighted by atomic mass is 9.97. The molecule has 0 aliphatic carbocycles. The van der Waals surface area contributed by atoms with Gasteiger partial charge in [0.25, 0.3) is 5.91 Å². The molecular weight excluding hydrogens is 438 g/mol. The molecule has 5 rings (SSSR count). The molecular formula is C28H31N5O2. The van der Waals surface area contributed by atoms with Crippen molar-refractivity contribution in [1.29, 1.82) is 0 Å². The number of imidazole rings is 1. The van der Waals surface area contributed by atoms with E-state index in [9.17, 15) is 9.59 Å². The Morgan fingerprint density at radius 2 is 1.91 bits per heavy atom.